The number of ether oxygens (including phenoxy) is 2. The molecule has 0 saturated heterocycles. The fourth-order valence-corrected chi connectivity index (χ4v) is 5.58. The monoisotopic (exact) mass is 569 g/mol. The number of carbonyl (C=O) groups excluding carboxylic acids is 1. The highest BCUT2D eigenvalue weighted by Gasteiger charge is 2.28. The van der Waals surface area contributed by atoms with Crippen molar-refractivity contribution in [1.82, 2.24) is 24.8 Å². The minimum atomic E-state index is -0.775. The van der Waals surface area contributed by atoms with Gasteiger partial charge in [0.25, 0.3) is 0 Å². The smallest absolute Gasteiger partial charge is 0.303 e. The van der Waals surface area contributed by atoms with Gasteiger partial charge in [-0.2, -0.15) is 0 Å². The Hall–Kier alpha value is -4.86. The van der Waals surface area contributed by atoms with E-state index in [9.17, 15) is 9.59 Å². The second-order valence-corrected chi connectivity index (χ2v) is 10.1. The molecule has 1 aliphatic rings. The largest absolute Gasteiger partial charge is 0.493 e. The van der Waals surface area contributed by atoms with Gasteiger partial charge in [0.15, 0.2) is 11.5 Å². The SMILES string of the molecule is CCOc1cc2c(cc1OC)CCN(C=O)C2CCc1c[nH]c2ncccc12.O=C(O)CCc1c[nH]c2ncccc12. The third-order valence-electron chi connectivity index (χ3n) is 7.63. The molecule has 0 aliphatic carbocycles. The van der Waals surface area contributed by atoms with Crippen molar-refractivity contribution >= 4 is 34.4 Å². The zero-order valence-electron chi connectivity index (χ0n) is 23.8. The molecule has 4 aromatic heterocycles. The number of methoxy groups -OCH3 is 1. The van der Waals surface area contributed by atoms with E-state index in [0.29, 0.717) is 19.6 Å². The van der Waals surface area contributed by atoms with Crippen LogP contribution < -0.4 is 9.47 Å². The number of aromatic nitrogens is 4. The standard InChI is InChI=1S/C22H25N3O3.C10H10N2O2/c1-3-28-21-12-18-15(11-20(21)27-2)8-10-25(14-26)19(18)7-6-16-13-24-22-17(16)5-4-9-23-22;13-9(14)4-3-7-6-12-10-8(7)2-1-5-11-10/h4-5,9,11-14,19H,3,6-8,10H2,1-2H3,(H,23,24);1-2,5-6H,3-4H2,(H,11,12)(H,13,14). The van der Waals surface area contributed by atoms with E-state index < -0.39 is 5.97 Å². The molecule has 1 amide bonds. The lowest BCUT2D eigenvalue weighted by Crippen LogP contribution is -2.34. The van der Waals surface area contributed by atoms with E-state index in [1.54, 1.807) is 19.5 Å². The van der Waals surface area contributed by atoms with E-state index in [2.05, 4.69) is 38.1 Å². The normalized spacial score (nSPS) is 14.2. The fourth-order valence-electron chi connectivity index (χ4n) is 5.58. The van der Waals surface area contributed by atoms with Crippen LogP contribution in [0.3, 0.4) is 0 Å². The highest BCUT2D eigenvalue weighted by atomic mass is 16.5. The number of aliphatic carboxylic acids is 1. The molecule has 0 bridgehead atoms. The van der Waals surface area contributed by atoms with Crippen LogP contribution in [0, 0.1) is 0 Å². The number of rotatable bonds is 10. The molecule has 42 heavy (non-hydrogen) atoms. The number of carboxylic acids is 1. The first-order chi connectivity index (χ1) is 20.5. The quantitative estimate of drug-likeness (QED) is 0.196. The highest BCUT2D eigenvalue weighted by molar-refractivity contribution is 5.80. The number of H-pyrrole nitrogens is 2. The second-order valence-electron chi connectivity index (χ2n) is 10.1. The van der Waals surface area contributed by atoms with Crippen molar-refractivity contribution in [2.75, 3.05) is 20.3 Å². The van der Waals surface area contributed by atoms with E-state index in [1.807, 2.05) is 42.4 Å². The van der Waals surface area contributed by atoms with Crippen LogP contribution in [0.2, 0.25) is 0 Å². The number of nitrogens with zero attached hydrogens (tertiary/aromatic N) is 3. The molecule has 0 spiro atoms. The number of fused-ring (bicyclic) bond motifs is 3. The Labute approximate surface area is 243 Å². The molecule has 1 aliphatic heterocycles. The molecular formula is C32H35N5O5. The number of benzene rings is 1. The maximum Gasteiger partial charge on any atom is 0.303 e. The topological polar surface area (TPSA) is 133 Å². The molecule has 218 valence electrons. The molecule has 0 fully saturated rings. The van der Waals surface area contributed by atoms with Crippen LogP contribution in [0.1, 0.15) is 48.1 Å². The predicted molar refractivity (Wildman–Crippen MR) is 160 cm³/mol. The molecular weight excluding hydrogens is 534 g/mol. The Morgan fingerprint density at radius 3 is 2.31 bits per heavy atom. The second kappa shape index (κ2) is 13.2. The number of amides is 1. The zero-order chi connectivity index (χ0) is 29.5. The van der Waals surface area contributed by atoms with Crippen LogP contribution >= 0.6 is 0 Å². The zero-order valence-corrected chi connectivity index (χ0v) is 23.8. The van der Waals surface area contributed by atoms with Gasteiger partial charge >= 0.3 is 5.97 Å². The van der Waals surface area contributed by atoms with E-state index in [1.165, 1.54) is 11.1 Å². The van der Waals surface area contributed by atoms with Gasteiger partial charge in [0.2, 0.25) is 6.41 Å². The van der Waals surface area contributed by atoms with E-state index in [-0.39, 0.29) is 12.5 Å². The lowest BCUT2D eigenvalue weighted by Gasteiger charge is -2.35. The number of nitrogens with one attached hydrogen (secondary N) is 2. The summed E-state index contributed by atoms with van der Waals surface area (Å²) in [4.78, 5) is 38.8. The average molecular weight is 570 g/mol. The summed E-state index contributed by atoms with van der Waals surface area (Å²) in [5.41, 5.74) is 6.32. The number of carbonyl (C=O) groups is 2. The summed E-state index contributed by atoms with van der Waals surface area (Å²) in [5.74, 6) is 0.711. The Kier molecular flexibility index (Phi) is 9.01. The van der Waals surface area contributed by atoms with Crippen molar-refractivity contribution in [2.24, 2.45) is 0 Å². The van der Waals surface area contributed by atoms with Crippen molar-refractivity contribution < 1.29 is 24.2 Å². The summed E-state index contributed by atoms with van der Waals surface area (Å²) in [7, 11) is 1.66. The van der Waals surface area contributed by atoms with Crippen LogP contribution in [0.5, 0.6) is 11.5 Å². The molecule has 5 aromatic rings. The van der Waals surface area contributed by atoms with Crippen molar-refractivity contribution in [1.29, 1.82) is 0 Å². The van der Waals surface area contributed by atoms with Gasteiger partial charge in [0, 0.05) is 48.5 Å². The molecule has 5 heterocycles. The van der Waals surface area contributed by atoms with Gasteiger partial charge < -0.3 is 29.4 Å². The number of aromatic amines is 2. The summed E-state index contributed by atoms with van der Waals surface area (Å²) in [6, 6.07) is 12.0. The summed E-state index contributed by atoms with van der Waals surface area (Å²) in [6.07, 6.45) is 11.5. The molecule has 3 N–H and O–H groups in total. The Balaban J connectivity index is 0.000000211. The van der Waals surface area contributed by atoms with Gasteiger partial charge in [-0.15, -0.1) is 0 Å². The van der Waals surface area contributed by atoms with Crippen LogP contribution in [-0.4, -0.2) is 62.6 Å². The molecule has 0 saturated carbocycles. The number of aryl methyl sites for hydroxylation is 2. The van der Waals surface area contributed by atoms with Gasteiger partial charge in [-0.25, -0.2) is 9.97 Å². The average Bonchev–Trinajstić information content (AvgIpc) is 3.63. The molecule has 6 rings (SSSR count). The first-order valence-electron chi connectivity index (χ1n) is 14.1. The Morgan fingerprint density at radius 2 is 1.71 bits per heavy atom. The molecule has 0 radical (unpaired) electrons. The lowest BCUT2D eigenvalue weighted by molar-refractivity contribution is -0.137. The first-order valence-corrected chi connectivity index (χ1v) is 14.1. The van der Waals surface area contributed by atoms with Gasteiger partial charge in [-0.1, -0.05) is 0 Å². The lowest BCUT2D eigenvalue weighted by atomic mass is 9.89. The highest BCUT2D eigenvalue weighted by Crippen LogP contribution is 2.39. The fraction of sp³-hybridized carbons (Fsp3) is 0.312. The molecule has 10 nitrogen and oxygen atoms in total. The van der Waals surface area contributed by atoms with Gasteiger partial charge in [0.1, 0.15) is 11.3 Å². The first kappa shape index (κ1) is 28.7. The number of pyridine rings is 2. The summed E-state index contributed by atoms with van der Waals surface area (Å²) < 4.78 is 11.3. The minimum absolute atomic E-state index is 0.0213. The third kappa shape index (κ3) is 6.22. The molecule has 10 heteroatoms. The van der Waals surface area contributed by atoms with Crippen molar-refractivity contribution in [3.05, 3.63) is 83.4 Å². The maximum absolute atomic E-state index is 11.7. The third-order valence-corrected chi connectivity index (χ3v) is 7.63. The van der Waals surface area contributed by atoms with Crippen molar-refractivity contribution in [2.45, 2.75) is 45.1 Å². The van der Waals surface area contributed by atoms with E-state index in [4.69, 9.17) is 14.6 Å². The Bertz CT molecular complexity index is 1680. The summed E-state index contributed by atoms with van der Waals surface area (Å²) >= 11 is 0. The maximum atomic E-state index is 11.7. The number of hydrogen-bond donors (Lipinski definition) is 3. The Morgan fingerprint density at radius 1 is 1.05 bits per heavy atom. The molecule has 1 atom stereocenters. The summed E-state index contributed by atoms with van der Waals surface area (Å²) in [5, 5.41) is 10.7. The predicted octanol–water partition coefficient (Wildman–Crippen LogP) is 5.24. The molecule has 1 unspecified atom stereocenters. The van der Waals surface area contributed by atoms with Gasteiger partial charge in [-0.3, -0.25) is 9.59 Å². The van der Waals surface area contributed by atoms with Crippen LogP contribution in [0.4, 0.5) is 0 Å². The minimum Gasteiger partial charge on any atom is -0.493 e. The van der Waals surface area contributed by atoms with E-state index >= 15 is 0 Å². The van der Waals surface area contributed by atoms with Crippen LogP contribution in [0.15, 0.2) is 61.2 Å². The number of hydrogen-bond acceptors (Lipinski definition) is 6. The van der Waals surface area contributed by atoms with Crippen LogP contribution in [0.25, 0.3) is 22.1 Å². The van der Waals surface area contributed by atoms with Crippen molar-refractivity contribution in [3.63, 3.8) is 0 Å². The van der Waals surface area contributed by atoms with E-state index in [0.717, 1.165) is 70.4 Å². The van der Waals surface area contributed by atoms with Crippen molar-refractivity contribution in [3.8, 4) is 11.5 Å². The van der Waals surface area contributed by atoms with Crippen LogP contribution in [-0.2, 0) is 28.9 Å². The summed E-state index contributed by atoms with van der Waals surface area (Å²) in [6.45, 7) is 3.24. The molecule has 1 aromatic carbocycles. The van der Waals surface area contributed by atoms with Gasteiger partial charge in [-0.05, 0) is 91.3 Å². The van der Waals surface area contributed by atoms with Gasteiger partial charge in [0.05, 0.1) is 19.8 Å². The number of carboxylic acid groups (broad SMARTS) is 1.